The van der Waals surface area contributed by atoms with Gasteiger partial charge in [-0.05, 0) is 63.8 Å². The molecule has 1 aliphatic carbocycles. The van der Waals surface area contributed by atoms with E-state index in [4.69, 9.17) is 15.2 Å². The summed E-state index contributed by atoms with van der Waals surface area (Å²) in [6.45, 7) is 7.64. The molecule has 0 aliphatic heterocycles. The maximum absolute atomic E-state index is 12.6. The van der Waals surface area contributed by atoms with Crippen molar-refractivity contribution in [2.24, 2.45) is 17.6 Å². The molecule has 1 unspecified atom stereocenters. The van der Waals surface area contributed by atoms with E-state index in [1.807, 2.05) is 39.0 Å². The first-order valence-corrected chi connectivity index (χ1v) is 9.00. The van der Waals surface area contributed by atoms with Gasteiger partial charge in [-0.25, -0.2) is 0 Å². The van der Waals surface area contributed by atoms with Crippen LogP contribution in [0.15, 0.2) is 18.2 Å². The van der Waals surface area contributed by atoms with Crippen molar-refractivity contribution in [2.75, 3.05) is 19.8 Å². The lowest BCUT2D eigenvalue weighted by Crippen LogP contribution is -2.36. The molecule has 1 aromatic rings. The fourth-order valence-corrected chi connectivity index (χ4v) is 3.40. The third-order valence-electron chi connectivity index (χ3n) is 4.72. The van der Waals surface area contributed by atoms with E-state index in [1.165, 1.54) is 0 Å². The van der Waals surface area contributed by atoms with Gasteiger partial charge in [-0.15, -0.1) is 0 Å². The Morgan fingerprint density at radius 1 is 1.25 bits per heavy atom. The van der Waals surface area contributed by atoms with Crippen LogP contribution in [-0.4, -0.2) is 25.7 Å². The van der Waals surface area contributed by atoms with Crippen molar-refractivity contribution >= 4 is 5.91 Å². The monoisotopic (exact) mass is 334 g/mol. The average molecular weight is 334 g/mol. The van der Waals surface area contributed by atoms with E-state index in [9.17, 15) is 4.79 Å². The van der Waals surface area contributed by atoms with Gasteiger partial charge in [0.1, 0.15) is 0 Å². The number of rotatable bonds is 8. The molecule has 1 fully saturated rings. The highest BCUT2D eigenvalue weighted by molar-refractivity contribution is 5.79. The number of carbonyl (C=O) groups is 1. The second-order valence-corrected chi connectivity index (χ2v) is 6.34. The zero-order valence-electron chi connectivity index (χ0n) is 15.0. The first-order valence-electron chi connectivity index (χ1n) is 9.00. The molecule has 0 heterocycles. The Morgan fingerprint density at radius 3 is 2.62 bits per heavy atom. The second-order valence-electron chi connectivity index (χ2n) is 6.34. The Morgan fingerprint density at radius 2 is 1.96 bits per heavy atom. The molecule has 134 valence electrons. The normalized spacial score (nSPS) is 21.3. The number of ether oxygens (including phenoxy) is 2. The van der Waals surface area contributed by atoms with Crippen LogP contribution in [0.3, 0.4) is 0 Å². The molecular formula is C19H30N2O3. The van der Waals surface area contributed by atoms with Crippen molar-refractivity contribution < 1.29 is 14.3 Å². The van der Waals surface area contributed by atoms with Crippen LogP contribution in [0.2, 0.25) is 0 Å². The van der Waals surface area contributed by atoms with Gasteiger partial charge in [0.15, 0.2) is 11.5 Å². The molecule has 0 aromatic heterocycles. The number of hydrogen-bond acceptors (Lipinski definition) is 4. The van der Waals surface area contributed by atoms with Gasteiger partial charge in [0, 0.05) is 5.92 Å². The molecule has 3 N–H and O–H groups in total. The van der Waals surface area contributed by atoms with Crippen molar-refractivity contribution in [3.63, 3.8) is 0 Å². The van der Waals surface area contributed by atoms with E-state index in [-0.39, 0.29) is 17.9 Å². The van der Waals surface area contributed by atoms with Crippen molar-refractivity contribution in [2.45, 2.75) is 46.1 Å². The Hall–Kier alpha value is -1.75. The van der Waals surface area contributed by atoms with E-state index >= 15 is 0 Å². The fourth-order valence-electron chi connectivity index (χ4n) is 3.40. The summed E-state index contributed by atoms with van der Waals surface area (Å²) in [5.41, 5.74) is 6.80. The third kappa shape index (κ3) is 4.41. The first kappa shape index (κ1) is 18.6. The molecule has 0 radical (unpaired) electrons. The number of hydrogen-bond donors (Lipinski definition) is 2. The van der Waals surface area contributed by atoms with Gasteiger partial charge in [-0.3, -0.25) is 4.79 Å². The van der Waals surface area contributed by atoms with Crippen molar-refractivity contribution in [3.8, 4) is 11.5 Å². The van der Waals surface area contributed by atoms with Crippen LogP contribution < -0.4 is 20.5 Å². The summed E-state index contributed by atoms with van der Waals surface area (Å²) < 4.78 is 11.3. The summed E-state index contributed by atoms with van der Waals surface area (Å²) in [4.78, 5) is 12.6. The quantitative estimate of drug-likeness (QED) is 0.766. The van der Waals surface area contributed by atoms with Crippen LogP contribution >= 0.6 is 0 Å². The number of carbonyl (C=O) groups excluding carboxylic acids is 1. The molecular weight excluding hydrogens is 304 g/mol. The topological polar surface area (TPSA) is 73.6 Å². The minimum absolute atomic E-state index is 0.0477. The number of nitrogens with two attached hydrogens (primary N) is 1. The van der Waals surface area contributed by atoms with E-state index < -0.39 is 0 Å². The summed E-state index contributed by atoms with van der Waals surface area (Å²) in [6.07, 6.45) is 3.08. The lowest BCUT2D eigenvalue weighted by Gasteiger charge is -2.22. The maximum Gasteiger partial charge on any atom is 0.223 e. The number of benzene rings is 1. The smallest absolute Gasteiger partial charge is 0.223 e. The Labute approximate surface area is 144 Å². The van der Waals surface area contributed by atoms with Crippen LogP contribution in [0.1, 0.15) is 51.6 Å². The van der Waals surface area contributed by atoms with Gasteiger partial charge < -0.3 is 20.5 Å². The van der Waals surface area contributed by atoms with E-state index in [0.717, 1.165) is 36.3 Å². The Kier molecular flexibility index (Phi) is 6.91. The number of amides is 1. The Balaban J connectivity index is 2.07. The molecule has 1 aliphatic rings. The van der Waals surface area contributed by atoms with Crippen molar-refractivity contribution in [3.05, 3.63) is 23.8 Å². The minimum atomic E-state index is -0.0774. The molecule has 0 saturated heterocycles. The molecule has 24 heavy (non-hydrogen) atoms. The van der Waals surface area contributed by atoms with Crippen LogP contribution in [0, 0.1) is 11.8 Å². The zero-order chi connectivity index (χ0) is 17.5. The predicted molar refractivity (Wildman–Crippen MR) is 95.2 cm³/mol. The van der Waals surface area contributed by atoms with Crippen LogP contribution in [-0.2, 0) is 4.79 Å². The largest absolute Gasteiger partial charge is 0.490 e. The van der Waals surface area contributed by atoms with E-state index in [0.29, 0.717) is 25.7 Å². The molecule has 2 rings (SSSR count). The second kappa shape index (κ2) is 8.92. The molecule has 5 heteroatoms. The molecule has 3 atom stereocenters. The summed E-state index contributed by atoms with van der Waals surface area (Å²) in [5, 5.41) is 3.13. The number of nitrogens with one attached hydrogen (secondary N) is 1. The van der Waals surface area contributed by atoms with Gasteiger partial charge >= 0.3 is 0 Å². The molecule has 1 aromatic carbocycles. The molecule has 0 spiro atoms. The highest BCUT2D eigenvalue weighted by Gasteiger charge is 2.32. The van der Waals surface area contributed by atoms with Crippen LogP contribution in [0.25, 0.3) is 0 Å². The highest BCUT2D eigenvalue weighted by Crippen LogP contribution is 2.33. The summed E-state index contributed by atoms with van der Waals surface area (Å²) in [7, 11) is 0. The molecule has 1 saturated carbocycles. The molecule has 1 amide bonds. The molecule has 0 bridgehead atoms. The molecule has 5 nitrogen and oxygen atoms in total. The lowest BCUT2D eigenvalue weighted by molar-refractivity contribution is -0.126. The van der Waals surface area contributed by atoms with Gasteiger partial charge in [-0.2, -0.15) is 0 Å². The highest BCUT2D eigenvalue weighted by atomic mass is 16.5. The van der Waals surface area contributed by atoms with Gasteiger partial charge in [0.25, 0.3) is 0 Å². The average Bonchev–Trinajstić information content (AvgIpc) is 3.05. The maximum atomic E-state index is 12.6. The minimum Gasteiger partial charge on any atom is -0.490 e. The van der Waals surface area contributed by atoms with E-state index in [2.05, 4.69) is 5.32 Å². The Bertz CT molecular complexity index is 547. The van der Waals surface area contributed by atoms with Crippen molar-refractivity contribution in [1.29, 1.82) is 0 Å². The summed E-state index contributed by atoms with van der Waals surface area (Å²) in [6, 6.07) is 5.76. The SMILES string of the molecule is CCOc1ccc(C(C)NC(=O)[C@@H]2CCC[C@@H]2CN)cc1OCC. The van der Waals surface area contributed by atoms with Crippen molar-refractivity contribution in [1.82, 2.24) is 5.32 Å². The van der Waals surface area contributed by atoms with Gasteiger partial charge in [0.05, 0.1) is 19.3 Å². The standard InChI is InChI=1S/C19H30N2O3/c1-4-23-17-10-9-14(11-18(17)24-5-2)13(3)21-19(22)16-8-6-7-15(16)12-20/h9-11,13,15-16H,4-8,12,20H2,1-3H3,(H,21,22)/t13?,15-,16-/m1/s1. The zero-order valence-corrected chi connectivity index (χ0v) is 15.0. The van der Waals surface area contributed by atoms with Crippen LogP contribution in [0.4, 0.5) is 0 Å². The predicted octanol–water partition coefficient (Wildman–Crippen LogP) is 3.04. The van der Waals surface area contributed by atoms with E-state index in [1.54, 1.807) is 0 Å². The van der Waals surface area contributed by atoms with Gasteiger partial charge in [0.2, 0.25) is 5.91 Å². The third-order valence-corrected chi connectivity index (χ3v) is 4.72. The first-order chi connectivity index (χ1) is 11.6. The van der Waals surface area contributed by atoms with Gasteiger partial charge in [-0.1, -0.05) is 12.5 Å². The summed E-state index contributed by atoms with van der Waals surface area (Å²) in [5.74, 6) is 1.93. The fraction of sp³-hybridized carbons (Fsp3) is 0.632. The summed E-state index contributed by atoms with van der Waals surface area (Å²) >= 11 is 0. The lowest BCUT2D eigenvalue weighted by atomic mass is 9.94. The van der Waals surface area contributed by atoms with Crippen LogP contribution in [0.5, 0.6) is 11.5 Å².